The number of fused-ring (bicyclic) bond motifs is 1. The number of hydrogen-bond acceptors (Lipinski definition) is 20. The molecule has 2 heterocycles. The van der Waals surface area contributed by atoms with Crippen molar-refractivity contribution >= 4 is 36.1 Å². The van der Waals surface area contributed by atoms with Crippen molar-refractivity contribution in [1.82, 2.24) is 35.9 Å². The van der Waals surface area contributed by atoms with Gasteiger partial charge in [0.2, 0.25) is 30.0 Å². The largest absolute Gasteiger partial charge is 0.446 e. The number of alkyl carbamates (subject to hydrolysis) is 1. The number of rotatable bonds is 51. The number of nitrogens with two attached hydrogens (primary N) is 1. The summed E-state index contributed by atoms with van der Waals surface area (Å²) in [6.45, 7) is 12.0. The van der Waals surface area contributed by atoms with Crippen LogP contribution in [0.5, 0.6) is 0 Å². The second-order valence-electron chi connectivity index (χ2n) is 22.6. The molecule has 90 heavy (non-hydrogen) atoms. The Morgan fingerprint density at radius 2 is 1.17 bits per heavy atom. The van der Waals surface area contributed by atoms with Crippen LogP contribution in [-0.4, -0.2) is 240 Å². The third-order valence-electron chi connectivity index (χ3n) is 16.0. The lowest BCUT2D eigenvalue weighted by molar-refractivity contribution is -0.140. The van der Waals surface area contributed by atoms with Crippen LogP contribution in [-0.2, 0) is 95.3 Å². The fraction of sp³-hybridized carbons (Fsp3) is 0.754. The van der Waals surface area contributed by atoms with Crippen LogP contribution in [0.15, 0.2) is 24.3 Å². The summed E-state index contributed by atoms with van der Waals surface area (Å²) in [7, 11) is 0. The Kier molecular flexibility index (Phi) is 40.6. The van der Waals surface area contributed by atoms with Crippen LogP contribution in [0.2, 0.25) is 0 Å². The number of carbonyl (C=O) groups excluding carboxylic acids is 6. The van der Waals surface area contributed by atoms with Gasteiger partial charge in [-0.3, -0.25) is 28.9 Å². The molecule has 0 radical (unpaired) electrons. The molecule has 5 rings (SSSR count). The molecule has 2 aliphatic carbocycles. The Labute approximate surface area is 533 Å². The molecule has 0 bridgehead atoms. The number of unbranched alkanes of at least 4 members (excludes halogenated alkanes) is 2. The van der Waals surface area contributed by atoms with Gasteiger partial charge in [0.15, 0.2) is 0 Å². The number of aryl methyl sites for hydroxylation is 2. The maximum Gasteiger partial charge on any atom is 0.407 e. The summed E-state index contributed by atoms with van der Waals surface area (Å²) >= 11 is 0. The SMILES string of the molecule is Cc1nnc(-c2ccc(CCCCCN3C(=O)CC(C4CCCCCC4)C3=O)cc2)c2c1CC[C@@H](OC(=O)NCCOCCOCCOCCN(CCOCCOCCOCCN)C(=O)CCOCCOCCOCCOCCNC(=O)CCNC=O)CCC2. The van der Waals surface area contributed by atoms with Gasteiger partial charge in [-0.05, 0) is 93.7 Å². The minimum atomic E-state index is -0.466. The van der Waals surface area contributed by atoms with E-state index in [1.165, 1.54) is 42.4 Å². The second kappa shape index (κ2) is 48.4. The lowest BCUT2D eigenvalue weighted by Crippen LogP contribution is -2.37. The topological polar surface area (TPSA) is 298 Å². The van der Waals surface area contributed by atoms with E-state index in [0.717, 1.165) is 81.2 Å². The average Bonchev–Trinajstić information content (AvgIpc) is 1.92. The molecule has 5 N–H and O–H groups in total. The minimum Gasteiger partial charge on any atom is -0.446 e. The van der Waals surface area contributed by atoms with Crippen molar-refractivity contribution in [3.05, 3.63) is 46.6 Å². The van der Waals surface area contributed by atoms with Crippen LogP contribution >= 0.6 is 0 Å². The molecule has 2 aromatic rings. The van der Waals surface area contributed by atoms with E-state index in [0.29, 0.717) is 197 Å². The third kappa shape index (κ3) is 31.8. The number of amides is 6. The van der Waals surface area contributed by atoms with Crippen LogP contribution in [0.1, 0.15) is 119 Å². The van der Waals surface area contributed by atoms with E-state index in [1.54, 1.807) is 9.80 Å². The van der Waals surface area contributed by atoms with Crippen molar-refractivity contribution in [2.45, 2.75) is 129 Å². The summed E-state index contributed by atoms with van der Waals surface area (Å²) in [4.78, 5) is 77.1. The summed E-state index contributed by atoms with van der Waals surface area (Å²) in [6.07, 6.45) is 15.2. The zero-order chi connectivity index (χ0) is 63.9. The first kappa shape index (κ1) is 75.4. The van der Waals surface area contributed by atoms with Gasteiger partial charge < -0.3 is 78.7 Å². The molecule has 508 valence electrons. The van der Waals surface area contributed by atoms with Crippen molar-refractivity contribution in [3.63, 3.8) is 0 Å². The molecule has 1 aromatic carbocycles. The summed E-state index contributed by atoms with van der Waals surface area (Å²) in [6, 6.07) is 8.61. The van der Waals surface area contributed by atoms with Crippen LogP contribution < -0.4 is 21.7 Å². The van der Waals surface area contributed by atoms with Crippen LogP contribution in [0.4, 0.5) is 4.79 Å². The van der Waals surface area contributed by atoms with Gasteiger partial charge in [-0.1, -0.05) is 56.4 Å². The standard InChI is InChI=1S/C65H106N8O17/c1-52-57-20-19-56(13-9-14-58(57)63(71-70-52)55-17-15-53(16-18-55)10-5-4-8-27-73-62(77)50-59(64(73)78)54-11-6-2-3-7-12-54)90-65(79)69-26-33-83-39-45-88-47-41-85-35-29-72(28-34-84-40-46-87-43-37-81-31-23-66)61(76)22-30-80-36-42-86-48-49-89-44-38-82-32-25-68-60(75)21-24-67-51-74/h15-18,51,54,56,59H,2-14,19-50,66H2,1H3,(H,67,74)(H,68,75)(H,69,79)/t56-,59?/m0/s1. The van der Waals surface area contributed by atoms with Gasteiger partial charge in [0, 0.05) is 64.2 Å². The fourth-order valence-electron chi connectivity index (χ4n) is 11.1. The number of carbonyl (C=O) groups is 6. The van der Waals surface area contributed by atoms with E-state index in [2.05, 4.69) is 50.4 Å². The number of hydrogen-bond donors (Lipinski definition) is 4. The molecule has 2 fully saturated rings. The summed E-state index contributed by atoms with van der Waals surface area (Å²) in [5, 5.41) is 17.2. The maximum atomic E-state index is 13.2. The molecule has 25 nitrogen and oxygen atoms in total. The molecule has 1 unspecified atom stereocenters. The lowest BCUT2D eigenvalue weighted by atomic mass is 9.85. The average molecular weight is 1270 g/mol. The molecule has 3 aliphatic rings. The van der Waals surface area contributed by atoms with E-state index in [4.69, 9.17) is 57.8 Å². The first-order chi connectivity index (χ1) is 44.2. The fourth-order valence-corrected chi connectivity index (χ4v) is 11.1. The highest BCUT2D eigenvalue weighted by Crippen LogP contribution is 2.36. The molecule has 0 spiro atoms. The van der Waals surface area contributed by atoms with Crippen molar-refractivity contribution in [2.24, 2.45) is 17.6 Å². The Bertz CT molecular complexity index is 2300. The zero-order valence-electron chi connectivity index (χ0n) is 53.7. The quantitative estimate of drug-likeness (QED) is 0.0307. The Hall–Kier alpha value is -5.32. The molecule has 1 saturated carbocycles. The lowest BCUT2D eigenvalue weighted by Gasteiger charge is -2.24. The van der Waals surface area contributed by atoms with Gasteiger partial charge in [0.1, 0.15) is 6.10 Å². The van der Waals surface area contributed by atoms with Crippen LogP contribution in [0, 0.1) is 18.8 Å². The van der Waals surface area contributed by atoms with Crippen molar-refractivity contribution in [3.8, 4) is 11.3 Å². The minimum absolute atomic E-state index is 0.0186. The highest BCUT2D eigenvalue weighted by atomic mass is 16.6. The monoisotopic (exact) mass is 1270 g/mol. The van der Waals surface area contributed by atoms with Gasteiger partial charge >= 0.3 is 6.09 Å². The number of nitrogens with zero attached hydrogens (tertiary/aromatic N) is 4. The van der Waals surface area contributed by atoms with Crippen molar-refractivity contribution < 1.29 is 80.9 Å². The molecule has 1 saturated heterocycles. The number of nitrogens with one attached hydrogen (secondary N) is 3. The van der Waals surface area contributed by atoms with Crippen LogP contribution in [0.3, 0.4) is 0 Å². The summed E-state index contributed by atoms with van der Waals surface area (Å²) < 4.78 is 61.7. The van der Waals surface area contributed by atoms with E-state index < -0.39 is 6.09 Å². The Balaban J connectivity index is 0.870. The normalized spacial score (nSPS) is 16.3. The molecule has 1 aliphatic heterocycles. The number of benzene rings is 1. The second-order valence-corrected chi connectivity index (χ2v) is 22.6. The van der Waals surface area contributed by atoms with Crippen molar-refractivity contribution in [2.75, 3.05) is 178 Å². The van der Waals surface area contributed by atoms with Gasteiger partial charge in [0.05, 0.1) is 156 Å². The zero-order valence-corrected chi connectivity index (χ0v) is 53.7. The third-order valence-corrected chi connectivity index (χ3v) is 16.0. The predicted molar refractivity (Wildman–Crippen MR) is 335 cm³/mol. The van der Waals surface area contributed by atoms with Crippen molar-refractivity contribution in [1.29, 1.82) is 0 Å². The van der Waals surface area contributed by atoms with E-state index in [1.807, 2.05) is 6.92 Å². The van der Waals surface area contributed by atoms with Gasteiger partial charge in [-0.15, -0.1) is 5.10 Å². The predicted octanol–water partition coefficient (Wildman–Crippen LogP) is 4.47. The Morgan fingerprint density at radius 3 is 1.77 bits per heavy atom. The Morgan fingerprint density at radius 1 is 0.600 bits per heavy atom. The summed E-state index contributed by atoms with van der Waals surface area (Å²) in [5.41, 5.74) is 11.9. The molecule has 2 atom stereocenters. The molecular weight excluding hydrogens is 1160 g/mol. The smallest absolute Gasteiger partial charge is 0.407 e. The number of imide groups is 1. The van der Waals surface area contributed by atoms with E-state index in [9.17, 15) is 28.8 Å². The highest BCUT2D eigenvalue weighted by molar-refractivity contribution is 6.03. The first-order valence-electron chi connectivity index (χ1n) is 33.1. The van der Waals surface area contributed by atoms with E-state index in [-0.39, 0.29) is 55.1 Å². The number of ether oxygens (including phenoxy) is 11. The molecular formula is C65H106N8O17. The number of aromatic nitrogens is 2. The van der Waals surface area contributed by atoms with Gasteiger partial charge in [-0.25, -0.2) is 4.79 Å². The molecule has 25 heteroatoms. The maximum absolute atomic E-state index is 13.2. The highest BCUT2D eigenvalue weighted by Gasteiger charge is 2.42. The van der Waals surface area contributed by atoms with Crippen LogP contribution in [0.25, 0.3) is 11.3 Å². The van der Waals surface area contributed by atoms with Gasteiger partial charge in [0.25, 0.3) is 0 Å². The molecule has 6 amide bonds. The first-order valence-corrected chi connectivity index (χ1v) is 33.1. The molecule has 1 aromatic heterocycles. The van der Waals surface area contributed by atoms with Gasteiger partial charge in [-0.2, -0.15) is 5.10 Å². The van der Waals surface area contributed by atoms with E-state index >= 15 is 0 Å². The summed E-state index contributed by atoms with van der Waals surface area (Å²) in [5.74, 6) is 0.114. The number of likely N-dealkylation sites (tertiary alicyclic amines) is 1.